The van der Waals surface area contributed by atoms with Crippen LogP contribution in [0.1, 0.15) is 30.0 Å². The molecule has 1 fully saturated rings. The third kappa shape index (κ3) is 2.61. The fraction of sp³-hybridized carbons (Fsp3) is 0.300. The second kappa shape index (κ2) is 6.02. The van der Waals surface area contributed by atoms with Crippen molar-refractivity contribution < 1.29 is 13.5 Å². The number of aromatic nitrogens is 1. The number of rotatable bonds is 2. The van der Waals surface area contributed by atoms with Crippen LogP contribution in [0.25, 0.3) is 16.6 Å². The molecule has 0 spiro atoms. The Balaban J connectivity index is 1.94. The van der Waals surface area contributed by atoms with Crippen LogP contribution in [0.3, 0.4) is 0 Å². The molecule has 24 heavy (non-hydrogen) atoms. The summed E-state index contributed by atoms with van der Waals surface area (Å²) in [6.07, 6.45) is 1.89. The Labute approximate surface area is 139 Å². The van der Waals surface area contributed by atoms with Gasteiger partial charge in [0.15, 0.2) is 0 Å². The standard InChI is InChI=1S/C20H19F2NO/c1-13-10-17(3-4-18(13)22)23-19-5-2-16(21)11-15(19)12-20(23)14-6-8-24-9-7-14/h2-5,10-12,14H,6-9H2,1H3. The molecule has 124 valence electrons. The molecule has 1 saturated heterocycles. The van der Waals surface area contributed by atoms with Crippen molar-refractivity contribution in [2.45, 2.75) is 25.7 Å². The lowest BCUT2D eigenvalue weighted by atomic mass is 9.96. The summed E-state index contributed by atoms with van der Waals surface area (Å²) in [5.41, 5.74) is 3.61. The summed E-state index contributed by atoms with van der Waals surface area (Å²) in [6.45, 7) is 3.24. The molecule has 0 aliphatic carbocycles. The largest absolute Gasteiger partial charge is 0.381 e. The molecule has 2 heterocycles. The van der Waals surface area contributed by atoms with E-state index < -0.39 is 0 Å². The molecule has 0 bridgehead atoms. The van der Waals surface area contributed by atoms with Gasteiger partial charge in [-0.05, 0) is 67.8 Å². The van der Waals surface area contributed by atoms with Crippen molar-refractivity contribution in [2.24, 2.45) is 0 Å². The summed E-state index contributed by atoms with van der Waals surface area (Å²) in [5, 5.41) is 0.874. The first kappa shape index (κ1) is 15.3. The van der Waals surface area contributed by atoms with E-state index in [1.807, 2.05) is 6.07 Å². The van der Waals surface area contributed by atoms with E-state index in [0.717, 1.165) is 48.3 Å². The van der Waals surface area contributed by atoms with Gasteiger partial charge in [-0.25, -0.2) is 8.78 Å². The van der Waals surface area contributed by atoms with Crippen molar-refractivity contribution >= 4 is 10.9 Å². The highest BCUT2D eigenvalue weighted by molar-refractivity contribution is 5.83. The maximum Gasteiger partial charge on any atom is 0.126 e. The Morgan fingerprint density at radius 3 is 2.54 bits per heavy atom. The average molecular weight is 327 g/mol. The molecular formula is C20H19F2NO. The van der Waals surface area contributed by atoms with Crippen LogP contribution < -0.4 is 0 Å². The highest BCUT2D eigenvalue weighted by atomic mass is 19.1. The number of halogens is 2. The van der Waals surface area contributed by atoms with Crippen molar-refractivity contribution in [1.29, 1.82) is 0 Å². The van der Waals surface area contributed by atoms with Gasteiger partial charge in [0.05, 0.1) is 5.52 Å². The normalized spacial score (nSPS) is 16.0. The van der Waals surface area contributed by atoms with Crippen LogP contribution in [0.2, 0.25) is 0 Å². The molecule has 4 rings (SSSR count). The van der Waals surface area contributed by atoms with E-state index in [-0.39, 0.29) is 11.6 Å². The minimum Gasteiger partial charge on any atom is -0.381 e. The molecule has 0 amide bonds. The molecular weight excluding hydrogens is 308 g/mol. The van der Waals surface area contributed by atoms with Gasteiger partial charge < -0.3 is 9.30 Å². The first-order valence-electron chi connectivity index (χ1n) is 8.28. The number of hydrogen-bond acceptors (Lipinski definition) is 1. The Hall–Kier alpha value is -2.20. The molecule has 3 aromatic rings. The van der Waals surface area contributed by atoms with Gasteiger partial charge >= 0.3 is 0 Å². The fourth-order valence-electron chi connectivity index (χ4n) is 3.56. The highest BCUT2D eigenvalue weighted by Gasteiger charge is 2.22. The number of benzene rings is 2. The van der Waals surface area contributed by atoms with Crippen LogP contribution >= 0.6 is 0 Å². The zero-order valence-electron chi connectivity index (χ0n) is 13.6. The summed E-state index contributed by atoms with van der Waals surface area (Å²) in [5.74, 6) is -0.0955. The number of hydrogen-bond donors (Lipinski definition) is 0. The number of ether oxygens (including phenoxy) is 1. The van der Waals surface area contributed by atoms with Crippen molar-refractivity contribution in [3.05, 3.63) is 65.4 Å². The van der Waals surface area contributed by atoms with Crippen LogP contribution in [0.5, 0.6) is 0 Å². The zero-order valence-corrected chi connectivity index (χ0v) is 13.6. The quantitative estimate of drug-likeness (QED) is 0.638. The lowest BCUT2D eigenvalue weighted by Crippen LogP contribution is -2.16. The molecule has 0 atom stereocenters. The minimum absolute atomic E-state index is 0.214. The second-order valence-electron chi connectivity index (χ2n) is 6.43. The van der Waals surface area contributed by atoms with Crippen LogP contribution in [-0.2, 0) is 4.74 Å². The van der Waals surface area contributed by atoms with Crippen LogP contribution in [0, 0.1) is 18.6 Å². The van der Waals surface area contributed by atoms with Gasteiger partial charge in [0, 0.05) is 35.9 Å². The molecule has 2 nitrogen and oxygen atoms in total. The second-order valence-corrected chi connectivity index (χ2v) is 6.43. The van der Waals surface area contributed by atoms with Crippen molar-refractivity contribution in [2.75, 3.05) is 13.2 Å². The molecule has 0 radical (unpaired) electrons. The Morgan fingerprint density at radius 2 is 1.79 bits per heavy atom. The highest BCUT2D eigenvalue weighted by Crippen LogP contribution is 2.34. The van der Waals surface area contributed by atoms with Gasteiger partial charge in [-0.3, -0.25) is 0 Å². The Bertz CT molecular complexity index is 894. The van der Waals surface area contributed by atoms with Crippen molar-refractivity contribution in [3.8, 4) is 5.69 Å². The summed E-state index contributed by atoms with van der Waals surface area (Å²) in [7, 11) is 0. The van der Waals surface area contributed by atoms with E-state index in [0.29, 0.717) is 11.5 Å². The van der Waals surface area contributed by atoms with Gasteiger partial charge in [-0.2, -0.15) is 0 Å². The SMILES string of the molecule is Cc1cc(-n2c(C3CCOCC3)cc3cc(F)ccc32)ccc1F. The van der Waals surface area contributed by atoms with E-state index in [2.05, 4.69) is 10.6 Å². The lowest BCUT2D eigenvalue weighted by molar-refractivity contribution is 0.0842. The molecule has 0 N–H and O–H groups in total. The number of aryl methyl sites for hydroxylation is 1. The van der Waals surface area contributed by atoms with Crippen LogP contribution in [0.4, 0.5) is 8.78 Å². The maximum absolute atomic E-state index is 13.7. The lowest BCUT2D eigenvalue weighted by Gasteiger charge is -2.24. The monoisotopic (exact) mass is 327 g/mol. The predicted octanol–water partition coefficient (Wildman–Crippen LogP) is 5.11. The summed E-state index contributed by atoms with van der Waals surface area (Å²) >= 11 is 0. The first-order chi connectivity index (χ1) is 11.6. The smallest absolute Gasteiger partial charge is 0.126 e. The topological polar surface area (TPSA) is 14.2 Å². The van der Waals surface area contributed by atoms with E-state index >= 15 is 0 Å². The molecule has 4 heteroatoms. The van der Waals surface area contributed by atoms with Gasteiger partial charge in [0.2, 0.25) is 0 Å². The van der Waals surface area contributed by atoms with E-state index in [1.54, 1.807) is 25.1 Å². The Morgan fingerprint density at radius 1 is 1.00 bits per heavy atom. The first-order valence-corrected chi connectivity index (χ1v) is 8.28. The zero-order chi connectivity index (χ0) is 16.7. The van der Waals surface area contributed by atoms with E-state index in [4.69, 9.17) is 4.74 Å². The molecule has 1 aliphatic rings. The number of nitrogens with zero attached hydrogens (tertiary/aromatic N) is 1. The Kier molecular flexibility index (Phi) is 3.85. The third-order valence-electron chi connectivity index (χ3n) is 4.83. The fourth-order valence-corrected chi connectivity index (χ4v) is 3.56. The van der Waals surface area contributed by atoms with Gasteiger partial charge in [-0.1, -0.05) is 0 Å². The summed E-state index contributed by atoms with van der Waals surface area (Å²) in [4.78, 5) is 0. The van der Waals surface area contributed by atoms with Crippen molar-refractivity contribution in [1.82, 2.24) is 4.57 Å². The molecule has 0 saturated carbocycles. The van der Waals surface area contributed by atoms with Crippen molar-refractivity contribution in [3.63, 3.8) is 0 Å². The summed E-state index contributed by atoms with van der Waals surface area (Å²) in [6, 6.07) is 12.0. The van der Waals surface area contributed by atoms with Gasteiger partial charge in [0.1, 0.15) is 11.6 Å². The van der Waals surface area contributed by atoms with Crippen LogP contribution in [0.15, 0.2) is 42.5 Å². The molecule has 0 unspecified atom stereocenters. The van der Waals surface area contributed by atoms with Crippen LogP contribution in [-0.4, -0.2) is 17.8 Å². The molecule has 2 aromatic carbocycles. The third-order valence-corrected chi connectivity index (χ3v) is 4.83. The molecule has 1 aliphatic heterocycles. The predicted molar refractivity (Wildman–Crippen MR) is 90.7 cm³/mol. The van der Waals surface area contributed by atoms with Gasteiger partial charge in [0.25, 0.3) is 0 Å². The van der Waals surface area contributed by atoms with E-state index in [1.165, 1.54) is 12.1 Å². The molecule has 1 aromatic heterocycles. The maximum atomic E-state index is 13.7. The van der Waals surface area contributed by atoms with Gasteiger partial charge in [-0.15, -0.1) is 0 Å². The summed E-state index contributed by atoms with van der Waals surface area (Å²) < 4.78 is 35.0. The minimum atomic E-state index is -0.242. The number of fused-ring (bicyclic) bond motifs is 1. The van der Waals surface area contributed by atoms with E-state index in [9.17, 15) is 8.78 Å². The average Bonchev–Trinajstić information content (AvgIpc) is 2.96.